The summed E-state index contributed by atoms with van der Waals surface area (Å²) in [6.45, 7) is 0. The van der Waals surface area contributed by atoms with Gasteiger partial charge in [-0.3, -0.25) is 0 Å². The summed E-state index contributed by atoms with van der Waals surface area (Å²) in [7, 11) is -6.51. The van der Waals surface area contributed by atoms with Crippen molar-refractivity contribution in [1.82, 2.24) is 0 Å². The van der Waals surface area contributed by atoms with Crippen molar-refractivity contribution >= 4 is 12.4 Å². The van der Waals surface area contributed by atoms with Crippen molar-refractivity contribution in [2.24, 2.45) is 0 Å². The third-order valence-electron chi connectivity index (χ3n) is 2.44. The van der Waals surface area contributed by atoms with Gasteiger partial charge in [0, 0.05) is 0 Å². The first-order valence-electron chi connectivity index (χ1n) is 5.08. The molecule has 0 saturated carbocycles. The summed E-state index contributed by atoms with van der Waals surface area (Å²) in [5.74, 6) is -1.82. The molecule has 0 aromatic heterocycles. The van der Waals surface area contributed by atoms with Gasteiger partial charge in [0.25, 0.3) is 0 Å². The molecule has 0 spiro atoms. The van der Waals surface area contributed by atoms with E-state index >= 15 is 0 Å². The molecular formula is C10H6F9OP. The van der Waals surface area contributed by atoms with E-state index < -0.39 is 42.4 Å². The zero-order valence-corrected chi connectivity index (χ0v) is 10.7. The molecular weight excluding hydrogens is 338 g/mol. The lowest BCUT2D eigenvalue weighted by Crippen LogP contribution is -2.42. The molecule has 0 amide bonds. The van der Waals surface area contributed by atoms with Crippen molar-refractivity contribution in [2.75, 3.05) is 6.16 Å². The minimum absolute atomic E-state index is 0.224. The predicted octanol–water partition coefficient (Wildman–Crippen LogP) is 4.53. The van der Waals surface area contributed by atoms with Gasteiger partial charge < -0.3 is 4.57 Å². The van der Waals surface area contributed by atoms with Gasteiger partial charge >= 0.3 is 18.0 Å². The van der Waals surface area contributed by atoms with Gasteiger partial charge in [0.15, 0.2) is 0 Å². The molecule has 1 unspecified atom stereocenters. The summed E-state index contributed by atoms with van der Waals surface area (Å²) in [6.07, 6.45) is -15.1. The monoisotopic (exact) mass is 344 g/mol. The Balaban J connectivity index is 3.61. The molecule has 1 aromatic carbocycles. The Labute approximate surface area is 112 Å². The lowest BCUT2D eigenvalue weighted by molar-refractivity contribution is -0.243. The Bertz CT molecular complexity index is 560. The van der Waals surface area contributed by atoms with Crippen LogP contribution in [0.2, 0.25) is 0 Å². The molecule has 0 radical (unpaired) electrons. The van der Waals surface area contributed by atoms with Crippen LogP contribution in [0.3, 0.4) is 0 Å². The molecule has 0 N–H and O–H groups in total. The molecule has 0 bridgehead atoms. The first-order chi connectivity index (χ1) is 9.22. The summed E-state index contributed by atoms with van der Waals surface area (Å²) >= 11 is 0. The molecule has 0 heterocycles. The lowest BCUT2D eigenvalue weighted by Gasteiger charge is -2.30. The van der Waals surface area contributed by atoms with E-state index in [1.165, 1.54) is 0 Å². The Morgan fingerprint density at radius 2 is 1.38 bits per heavy atom. The molecule has 1 nitrogen and oxygen atoms in total. The van der Waals surface area contributed by atoms with Crippen LogP contribution in [0.4, 0.5) is 39.5 Å². The van der Waals surface area contributed by atoms with Gasteiger partial charge in [0.1, 0.15) is 12.0 Å². The second kappa shape index (κ2) is 5.23. The van der Waals surface area contributed by atoms with Crippen molar-refractivity contribution < 1.29 is 44.1 Å². The number of hydrogen-bond donors (Lipinski definition) is 0. The Morgan fingerprint density at radius 3 is 1.76 bits per heavy atom. The van der Waals surface area contributed by atoms with E-state index in [1.807, 2.05) is 0 Å². The van der Waals surface area contributed by atoms with Crippen LogP contribution in [0.25, 0.3) is 0 Å². The second-order valence-corrected chi connectivity index (χ2v) is 6.84. The highest BCUT2D eigenvalue weighted by Crippen LogP contribution is 2.66. The Kier molecular flexibility index (Phi) is 4.45. The fourth-order valence-corrected chi connectivity index (χ4v) is 3.87. The van der Waals surface area contributed by atoms with E-state index in [4.69, 9.17) is 0 Å². The van der Waals surface area contributed by atoms with Crippen LogP contribution < -0.4 is 5.30 Å². The van der Waals surface area contributed by atoms with E-state index in [0.29, 0.717) is 12.1 Å². The Hall–Kier alpha value is -1.18. The minimum Gasteiger partial charge on any atom is -0.311 e. The molecule has 11 heteroatoms. The van der Waals surface area contributed by atoms with Crippen molar-refractivity contribution in [3.63, 3.8) is 0 Å². The maximum absolute atomic E-state index is 13.3. The second-order valence-electron chi connectivity index (χ2n) is 4.00. The normalized spacial score (nSPS) is 16.6. The molecule has 0 aliphatic carbocycles. The topological polar surface area (TPSA) is 17.1 Å². The molecule has 1 aromatic rings. The molecule has 0 aliphatic heterocycles. The van der Waals surface area contributed by atoms with Crippen LogP contribution in [0.1, 0.15) is 0 Å². The highest BCUT2D eigenvalue weighted by molar-refractivity contribution is 7.72. The third-order valence-corrected chi connectivity index (χ3v) is 5.54. The van der Waals surface area contributed by atoms with Gasteiger partial charge in [-0.25, -0.2) is 4.39 Å². The number of benzene rings is 1. The van der Waals surface area contributed by atoms with Crippen LogP contribution in [0.5, 0.6) is 0 Å². The summed E-state index contributed by atoms with van der Waals surface area (Å²) in [4.78, 5) is 0. The molecule has 0 saturated heterocycles. The highest BCUT2D eigenvalue weighted by atomic mass is 31.2. The SMILES string of the molecule is O=P(CC(F)(F)F)(c1ccccc1F)C(F)(F)C(F)(F)F. The first-order valence-corrected chi connectivity index (χ1v) is 6.97. The molecule has 0 fully saturated rings. The largest absolute Gasteiger partial charge is 0.461 e. The Morgan fingerprint density at radius 1 is 0.905 bits per heavy atom. The van der Waals surface area contributed by atoms with E-state index in [1.54, 1.807) is 0 Å². The average molecular weight is 344 g/mol. The molecule has 21 heavy (non-hydrogen) atoms. The number of alkyl halides is 8. The summed E-state index contributed by atoms with van der Waals surface area (Å²) in [5.41, 5.74) is -6.21. The van der Waals surface area contributed by atoms with Crippen LogP contribution in [-0.2, 0) is 4.57 Å². The fraction of sp³-hybridized carbons (Fsp3) is 0.400. The average Bonchev–Trinajstić information content (AvgIpc) is 2.25. The van der Waals surface area contributed by atoms with Crippen LogP contribution in [0.15, 0.2) is 24.3 Å². The van der Waals surface area contributed by atoms with E-state index in [-0.39, 0.29) is 6.07 Å². The standard InChI is InChI=1S/C10H6F9OP/c11-6-3-1-2-4-7(6)21(20,5-8(12,13)14)10(18,19)9(15,16)17/h1-4H,5H2. The molecule has 1 atom stereocenters. The van der Waals surface area contributed by atoms with Crippen molar-refractivity contribution in [3.05, 3.63) is 30.1 Å². The van der Waals surface area contributed by atoms with E-state index in [0.717, 1.165) is 6.07 Å². The van der Waals surface area contributed by atoms with Crippen molar-refractivity contribution in [3.8, 4) is 0 Å². The first kappa shape index (κ1) is 17.9. The van der Waals surface area contributed by atoms with Gasteiger partial charge in [-0.05, 0) is 12.1 Å². The van der Waals surface area contributed by atoms with Crippen molar-refractivity contribution in [1.29, 1.82) is 0 Å². The van der Waals surface area contributed by atoms with Gasteiger partial charge in [-0.2, -0.15) is 35.1 Å². The summed E-state index contributed by atoms with van der Waals surface area (Å²) in [5, 5.41) is -1.79. The third kappa shape index (κ3) is 3.36. The van der Waals surface area contributed by atoms with E-state index in [9.17, 15) is 44.1 Å². The number of hydrogen-bond acceptors (Lipinski definition) is 1. The predicted molar refractivity (Wildman–Crippen MR) is 55.6 cm³/mol. The van der Waals surface area contributed by atoms with Gasteiger partial charge in [-0.1, -0.05) is 12.1 Å². The molecule has 0 aliphatic rings. The zero-order chi connectivity index (χ0) is 16.7. The minimum atomic E-state index is -6.52. The van der Waals surface area contributed by atoms with E-state index in [2.05, 4.69) is 0 Å². The summed E-state index contributed by atoms with van der Waals surface area (Å²) < 4.78 is 126. The van der Waals surface area contributed by atoms with Crippen LogP contribution in [-0.4, -0.2) is 24.2 Å². The van der Waals surface area contributed by atoms with Crippen LogP contribution in [0, 0.1) is 5.82 Å². The van der Waals surface area contributed by atoms with Crippen molar-refractivity contribution in [2.45, 2.75) is 18.0 Å². The number of rotatable bonds is 3. The fourth-order valence-electron chi connectivity index (χ4n) is 1.54. The molecule has 120 valence electrons. The maximum atomic E-state index is 13.3. The van der Waals surface area contributed by atoms with Gasteiger partial charge in [0.05, 0.1) is 5.30 Å². The lowest BCUT2D eigenvalue weighted by atomic mass is 10.3. The number of halogens is 9. The van der Waals surface area contributed by atoms with Gasteiger partial charge in [-0.15, -0.1) is 0 Å². The molecule has 1 rings (SSSR count). The smallest absolute Gasteiger partial charge is 0.311 e. The highest BCUT2D eigenvalue weighted by Gasteiger charge is 2.71. The maximum Gasteiger partial charge on any atom is 0.461 e. The zero-order valence-electron chi connectivity index (χ0n) is 9.77. The quantitative estimate of drug-likeness (QED) is 0.582. The summed E-state index contributed by atoms with van der Waals surface area (Å²) in [6, 6.07) is 2.14. The van der Waals surface area contributed by atoms with Gasteiger partial charge in [0.2, 0.25) is 7.14 Å². The van der Waals surface area contributed by atoms with Crippen LogP contribution >= 0.6 is 7.14 Å².